The third-order valence-corrected chi connectivity index (χ3v) is 5.12. The van der Waals surface area contributed by atoms with Gasteiger partial charge in [-0.1, -0.05) is 0 Å². The number of carboxylic acid groups (broad SMARTS) is 2. The van der Waals surface area contributed by atoms with Crippen molar-refractivity contribution >= 4 is 28.7 Å². The highest BCUT2D eigenvalue weighted by Crippen LogP contribution is 2.33. The predicted molar refractivity (Wildman–Crippen MR) is 109 cm³/mol. The standard InChI is InChI=1S/C17H16F2N4O.C4H4O4/c1-9-12(21-8-20-9)7-23-6-5-13-15(17(23)24)14-10(18)3-4-11(19)16(14)22(13)2;5-3(6)1-2-4(7)8/h3-4,8H,5-7H2,1-2H3,(H,20,21);1-2H,(H,5,6)(H,7,8). The van der Waals surface area contributed by atoms with Crippen LogP contribution in [-0.2, 0) is 29.6 Å². The number of nitrogens with one attached hydrogen (secondary N) is 1. The van der Waals surface area contributed by atoms with Gasteiger partial charge >= 0.3 is 11.9 Å². The number of carbonyl (C=O) groups excluding carboxylic acids is 1. The Morgan fingerprint density at radius 2 is 1.81 bits per heavy atom. The maximum absolute atomic E-state index is 14.3. The lowest BCUT2D eigenvalue weighted by Gasteiger charge is -2.27. The molecule has 3 aromatic rings. The Bertz CT molecular complexity index is 1230. The molecule has 0 atom stereocenters. The van der Waals surface area contributed by atoms with E-state index < -0.39 is 23.6 Å². The topological polar surface area (TPSA) is 129 Å². The number of aryl methyl sites for hydroxylation is 2. The third-order valence-electron chi connectivity index (χ3n) is 5.12. The molecule has 1 aliphatic rings. The second kappa shape index (κ2) is 9.00. The van der Waals surface area contributed by atoms with Crippen molar-refractivity contribution in [3.63, 3.8) is 0 Å². The molecule has 0 aliphatic carbocycles. The molecule has 1 aliphatic heterocycles. The van der Waals surface area contributed by atoms with E-state index in [1.807, 2.05) is 6.92 Å². The smallest absolute Gasteiger partial charge is 0.328 e. The minimum absolute atomic E-state index is 0.0703. The number of aromatic amines is 1. The van der Waals surface area contributed by atoms with Gasteiger partial charge in [0.1, 0.15) is 11.6 Å². The summed E-state index contributed by atoms with van der Waals surface area (Å²) in [7, 11) is 1.67. The van der Waals surface area contributed by atoms with Gasteiger partial charge < -0.3 is 24.7 Å². The summed E-state index contributed by atoms with van der Waals surface area (Å²) in [6.07, 6.45) is 3.25. The summed E-state index contributed by atoms with van der Waals surface area (Å²) in [6.45, 7) is 2.72. The number of carbonyl (C=O) groups is 3. The van der Waals surface area contributed by atoms with Crippen molar-refractivity contribution in [2.45, 2.75) is 19.9 Å². The van der Waals surface area contributed by atoms with E-state index in [-0.39, 0.29) is 22.4 Å². The van der Waals surface area contributed by atoms with Gasteiger partial charge in [-0.2, -0.15) is 0 Å². The molecule has 9 nitrogen and oxygen atoms in total. The van der Waals surface area contributed by atoms with Crippen LogP contribution in [0.25, 0.3) is 10.9 Å². The second-order valence-corrected chi connectivity index (χ2v) is 7.09. The number of carboxylic acids is 2. The molecule has 0 bridgehead atoms. The van der Waals surface area contributed by atoms with Crippen LogP contribution in [0.3, 0.4) is 0 Å². The first-order valence-corrected chi connectivity index (χ1v) is 9.49. The average Bonchev–Trinajstić information content (AvgIpc) is 3.28. The van der Waals surface area contributed by atoms with E-state index in [2.05, 4.69) is 9.97 Å². The first-order valence-electron chi connectivity index (χ1n) is 9.49. The van der Waals surface area contributed by atoms with Gasteiger partial charge in [0.25, 0.3) is 5.91 Å². The summed E-state index contributed by atoms with van der Waals surface area (Å²) >= 11 is 0. The summed E-state index contributed by atoms with van der Waals surface area (Å²) in [5.41, 5.74) is 2.76. The maximum Gasteiger partial charge on any atom is 0.328 e. The van der Waals surface area contributed by atoms with E-state index in [0.29, 0.717) is 37.4 Å². The molecular weight excluding hydrogens is 426 g/mol. The normalized spacial score (nSPS) is 13.2. The number of aromatic nitrogens is 3. The van der Waals surface area contributed by atoms with Crippen LogP contribution in [0.2, 0.25) is 0 Å². The minimum atomic E-state index is -1.26. The Morgan fingerprint density at radius 3 is 2.38 bits per heavy atom. The number of hydrogen-bond acceptors (Lipinski definition) is 4. The van der Waals surface area contributed by atoms with Crippen LogP contribution in [0.1, 0.15) is 27.4 Å². The Balaban J connectivity index is 0.000000312. The Labute approximate surface area is 180 Å². The Hall–Kier alpha value is -4.02. The van der Waals surface area contributed by atoms with Gasteiger partial charge in [-0.25, -0.2) is 23.4 Å². The second-order valence-electron chi connectivity index (χ2n) is 7.09. The van der Waals surface area contributed by atoms with Crippen LogP contribution in [-0.4, -0.2) is 54.0 Å². The molecule has 1 aromatic carbocycles. The number of imidazole rings is 1. The molecule has 0 saturated carbocycles. The third kappa shape index (κ3) is 4.36. The molecule has 0 unspecified atom stereocenters. The number of H-pyrrole nitrogens is 1. The molecule has 0 saturated heterocycles. The first kappa shape index (κ1) is 22.7. The van der Waals surface area contributed by atoms with Crippen molar-refractivity contribution in [1.82, 2.24) is 19.4 Å². The number of rotatable bonds is 4. The molecule has 32 heavy (non-hydrogen) atoms. The van der Waals surface area contributed by atoms with E-state index in [9.17, 15) is 23.2 Å². The molecular formula is C21H20F2N4O5. The summed E-state index contributed by atoms with van der Waals surface area (Å²) in [5.74, 6) is -3.89. The molecule has 0 spiro atoms. The van der Waals surface area contributed by atoms with Crippen LogP contribution >= 0.6 is 0 Å². The predicted octanol–water partition coefficient (Wildman–Crippen LogP) is 2.40. The number of benzene rings is 1. The fraction of sp³-hybridized carbons (Fsp3) is 0.238. The zero-order valence-corrected chi connectivity index (χ0v) is 17.2. The van der Waals surface area contributed by atoms with Gasteiger partial charge in [-0.3, -0.25) is 4.79 Å². The number of nitrogens with zero attached hydrogens (tertiary/aromatic N) is 3. The number of amides is 1. The van der Waals surface area contributed by atoms with Crippen LogP contribution in [0.5, 0.6) is 0 Å². The summed E-state index contributed by atoms with van der Waals surface area (Å²) < 4.78 is 30.1. The number of fused-ring (bicyclic) bond motifs is 3. The van der Waals surface area contributed by atoms with E-state index in [1.54, 1.807) is 22.8 Å². The molecule has 1 amide bonds. The van der Waals surface area contributed by atoms with Crippen molar-refractivity contribution < 1.29 is 33.4 Å². The molecule has 0 radical (unpaired) electrons. The van der Waals surface area contributed by atoms with Crippen molar-refractivity contribution in [3.05, 3.63) is 64.9 Å². The van der Waals surface area contributed by atoms with Gasteiger partial charge in [-0.05, 0) is 19.1 Å². The fourth-order valence-electron chi connectivity index (χ4n) is 3.60. The van der Waals surface area contributed by atoms with Crippen LogP contribution in [0.15, 0.2) is 30.6 Å². The number of aliphatic carboxylic acids is 2. The average molecular weight is 446 g/mol. The van der Waals surface area contributed by atoms with Gasteiger partial charge in [0, 0.05) is 43.6 Å². The monoisotopic (exact) mass is 446 g/mol. The summed E-state index contributed by atoms with van der Waals surface area (Å²) in [6, 6.07) is 2.17. The molecule has 3 N–H and O–H groups in total. The van der Waals surface area contributed by atoms with Crippen molar-refractivity contribution in [1.29, 1.82) is 0 Å². The lowest BCUT2D eigenvalue weighted by atomic mass is 10.0. The van der Waals surface area contributed by atoms with Gasteiger partial charge in [0.15, 0.2) is 0 Å². The fourth-order valence-corrected chi connectivity index (χ4v) is 3.60. The van der Waals surface area contributed by atoms with Crippen molar-refractivity contribution in [2.24, 2.45) is 7.05 Å². The van der Waals surface area contributed by atoms with Gasteiger partial charge in [-0.15, -0.1) is 0 Å². The van der Waals surface area contributed by atoms with Crippen LogP contribution in [0.4, 0.5) is 8.78 Å². The van der Waals surface area contributed by atoms with Gasteiger partial charge in [0.05, 0.1) is 35.0 Å². The molecule has 11 heteroatoms. The molecule has 168 valence electrons. The largest absolute Gasteiger partial charge is 0.478 e. The first-order chi connectivity index (χ1) is 15.1. The molecule has 0 fully saturated rings. The quantitative estimate of drug-likeness (QED) is 0.528. The van der Waals surface area contributed by atoms with Crippen LogP contribution < -0.4 is 0 Å². The van der Waals surface area contributed by atoms with E-state index in [4.69, 9.17) is 10.2 Å². The van der Waals surface area contributed by atoms with Crippen LogP contribution in [0, 0.1) is 18.6 Å². The summed E-state index contributed by atoms with van der Waals surface area (Å²) in [5, 5.41) is 15.7. The maximum atomic E-state index is 14.3. The highest BCUT2D eigenvalue weighted by molar-refractivity contribution is 6.09. The van der Waals surface area contributed by atoms with E-state index in [0.717, 1.165) is 23.5 Å². The zero-order valence-electron chi connectivity index (χ0n) is 17.2. The Kier molecular flexibility index (Phi) is 6.37. The Morgan fingerprint density at radius 1 is 1.19 bits per heavy atom. The molecule has 2 aromatic heterocycles. The zero-order chi connectivity index (χ0) is 23.6. The van der Waals surface area contributed by atoms with Crippen molar-refractivity contribution in [3.8, 4) is 0 Å². The minimum Gasteiger partial charge on any atom is -0.478 e. The lowest BCUT2D eigenvalue weighted by Crippen LogP contribution is -2.37. The van der Waals surface area contributed by atoms with E-state index >= 15 is 0 Å². The highest BCUT2D eigenvalue weighted by atomic mass is 19.1. The molecule has 3 heterocycles. The van der Waals surface area contributed by atoms with E-state index in [1.165, 1.54) is 0 Å². The SMILES string of the molecule is Cc1[nH]cnc1CN1CCc2c(c3c(F)ccc(F)c3n2C)C1=O.O=C(O)C=CC(=O)O. The van der Waals surface area contributed by atoms with Crippen molar-refractivity contribution in [2.75, 3.05) is 6.54 Å². The molecule has 4 rings (SSSR count). The van der Waals surface area contributed by atoms with Gasteiger partial charge in [0.2, 0.25) is 0 Å². The highest BCUT2D eigenvalue weighted by Gasteiger charge is 2.32. The summed E-state index contributed by atoms with van der Waals surface area (Å²) in [4.78, 5) is 40.9. The lowest BCUT2D eigenvalue weighted by molar-refractivity contribution is -0.134. The number of halogens is 2. The number of hydrogen-bond donors (Lipinski definition) is 3.